The fourth-order valence-electron chi connectivity index (χ4n) is 8.85. The molecule has 0 radical (unpaired) electrons. The lowest BCUT2D eigenvalue weighted by Gasteiger charge is -2.32. The number of aromatic amines is 1. The Morgan fingerprint density at radius 1 is 0.724 bits per heavy atom. The van der Waals surface area contributed by atoms with Gasteiger partial charge < -0.3 is 85.8 Å². The molecule has 87 heavy (non-hydrogen) atoms. The number of hydrogen-bond acceptors (Lipinski definition) is 15. The van der Waals surface area contributed by atoms with Crippen molar-refractivity contribution in [3.05, 3.63) is 83.9 Å². The highest BCUT2D eigenvalue weighted by Crippen LogP contribution is 2.21. The Labute approximate surface area is 511 Å². The monoisotopic (exact) mass is 1240 g/mol. The van der Waals surface area contributed by atoms with Gasteiger partial charge in [-0.2, -0.15) is 0 Å². The van der Waals surface area contributed by atoms with Crippen molar-refractivity contribution >= 4 is 83.6 Å². The van der Waals surface area contributed by atoms with Gasteiger partial charge in [-0.1, -0.05) is 89.9 Å². The molecule has 3 aromatic rings. The highest BCUT2D eigenvalue weighted by Gasteiger charge is 2.41. The number of carbonyl (C=O) groups excluding carboxylic acids is 7. The van der Waals surface area contributed by atoms with E-state index in [0.29, 0.717) is 36.2 Å². The summed E-state index contributed by atoms with van der Waals surface area (Å²) in [5.41, 5.74) is 28.6. The van der Waals surface area contributed by atoms with E-state index in [2.05, 4.69) is 64.1 Å². The fraction of sp³-hybridized carbons (Fsp3) is 0.518. The third-order valence-electron chi connectivity index (χ3n) is 13.7. The molecule has 0 aliphatic carbocycles. The summed E-state index contributed by atoms with van der Waals surface area (Å²) in [4.78, 5) is 138. The lowest BCUT2D eigenvalue weighted by Crippen LogP contribution is -2.62. The summed E-state index contributed by atoms with van der Waals surface area (Å²) >= 11 is 0. The number of hydrogen-bond donors (Lipinski definition) is 17. The molecule has 4 rings (SSSR count). The third-order valence-corrected chi connectivity index (χ3v) is 13.7. The van der Waals surface area contributed by atoms with Crippen molar-refractivity contribution in [2.75, 3.05) is 19.6 Å². The van der Waals surface area contributed by atoms with Gasteiger partial charge >= 0.3 is 11.9 Å². The van der Waals surface area contributed by atoms with E-state index in [1.807, 2.05) is 0 Å². The van der Waals surface area contributed by atoms with Crippen LogP contribution in [0.3, 0.4) is 0 Å². The summed E-state index contributed by atoms with van der Waals surface area (Å²) < 4.78 is 0. The van der Waals surface area contributed by atoms with Gasteiger partial charge in [0.25, 0.3) is 0 Å². The van der Waals surface area contributed by atoms with Crippen LogP contribution in [0.5, 0.6) is 5.75 Å². The molecule has 2 aromatic carbocycles. The second-order valence-corrected chi connectivity index (χ2v) is 21.0. The normalized spacial score (nSPS) is 15.5. The van der Waals surface area contributed by atoms with Gasteiger partial charge in [0.15, 0.2) is 17.9 Å². The van der Waals surface area contributed by atoms with Crippen molar-refractivity contribution < 1.29 is 58.5 Å². The van der Waals surface area contributed by atoms with Gasteiger partial charge in [0.1, 0.15) is 48.0 Å². The Bertz CT molecular complexity index is 2790. The largest absolute Gasteiger partial charge is 0.508 e. The van der Waals surface area contributed by atoms with E-state index in [1.165, 1.54) is 41.7 Å². The van der Waals surface area contributed by atoms with E-state index in [4.69, 9.17) is 34.1 Å². The number of rotatable bonds is 32. The zero-order valence-electron chi connectivity index (χ0n) is 49.6. The van der Waals surface area contributed by atoms with Gasteiger partial charge in [0, 0.05) is 50.8 Å². The summed E-state index contributed by atoms with van der Waals surface area (Å²) in [6, 6.07) is 3.95. The van der Waals surface area contributed by atoms with Crippen LogP contribution in [0.1, 0.15) is 103 Å². The number of phenols is 1. The Morgan fingerprint density at radius 2 is 1.31 bits per heavy atom. The molecule has 1 aliphatic heterocycles. The summed E-state index contributed by atoms with van der Waals surface area (Å²) in [6.45, 7) is 9.66. The van der Waals surface area contributed by atoms with Gasteiger partial charge in [0.05, 0.1) is 18.8 Å². The number of carbonyl (C=O) groups is 9. The number of aliphatic imine (C=N–C) groups is 2. The van der Waals surface area contributed by atoms with Crippen LogP contribution in [-0.4, -0.2) is 169 Å². The van der Waals surface area contributed by atoms with Gasteiger partial charge in [-0.15, -0.1) is 12.4 Å². The molecule has 1 saturated heterocycles. The molecule has 1 fully saturated rings. The molecule has 0 bridgehead atoms. The second-order valence-electron chi connectivity index (χ2n) is 21.0. The van der Waals surface area contributed by atoms with Gasteiger partial charge in [-0.3, -0.25) is 59.1 Å². The molecular weight excluding hydrogens is 1150 g/mol. The highest BCUT2D eigenvalue weighted by molar-refractivity contribution is 5.99. The molecule has 2 heterocycles. The maximum atomic E-state index is 14.6. The summed E-state index contributed by atoms with van der Waals surface area (Å²) in [5.74, 6) is -9.61. The van der Waals surface area contributed by atoms with Crippen LogP contribution in [-0.2, 0) is 62.4 Å². The van der Waals surface area contributed by atoms with Crippen molar-refractivity contribution in [1.29, 1.82) is 5.41 Å². The molecule has 0 spiro atoms. The first-order valence-electron chi connectivity index (χ1n) is 28.3. The number of nitrogens with one attached hydrogen (secondary N) is 9. The zero-order valence-corrected chi connectivity index (χ0v) is 50.4. The number of carboxylic acids is 2. The maximum Gasteiger partial charge on any atom is 0.326 e. The van der Waals surface area contributed by atoms with E-state index in [9.17, 15) is 58.5 Å². The number of aliphatic carboxylic acids is 2. The number of benzene rings is 2. The van der Waals surface area contributed by atoms with Crippen molar-refractivity contribution in [3.63, 3.8) is 0 Å². The number of aromatic nitrogens is 2. The van der Waals surface area contributed by atoms with E-state index in [1.54, 1.807) is 58.0 Å². The van der Waals surface area contributed by atoms with Crippen molar-refractivity contribution in [2.24, 2.45) is 50.5 Å². The van der Waals surface area contributed by atoms with E-state index >= 15 is 0 Å². The lowest BCUT2D eigenvalue weighted by molar-refractivity contribution is -0.145. The highest BCUT2D eigenvalue weighted by atomic mass is 35.5. The van der Waals surface area contributed by atoms with Crippen LogP contribution < -0.4 is 65.9 Å². The van der Waals surface area contributed by atoms with E-state index < -0.39 is 120 Å². The summed E-state index contributed by atoms with van der Waals surface area (Å²) in [5, 5.41) is 54.3. The predicted octanol–water partition coefficient (Wildman–Crippen LogP) is -1.31. The number of H-pyrrole nitrogens is 1. The molecule has 7 amide bonds. The number of unbranched alkanes of at least 4 members (excludes halogenated alkanes) is 1. The van der Waals surface area contributed by atoms with Gasteiger partial charge in [0.2, 0.25) is 41.4 Å². The first-order chi connectivity index (χ1) is 40.7. The Balaban J connectivity index is 0.00000195. The number of guanidine groups is 3. The standard InChI is InChI=1S/C50H71N13O12.C6H15N5.ClH/c1-5-28(4)41(47(72)59-36(23-31-25-54-26-56-31)48(73)63-20-10-14-38(63)45(70)60-37(49(74)75)22-29-11-7-6-8-12-29)62-44(69)35(21-30-15-17-32(64)18-16-30)58-46(71)40(27(2)3)61-43(68)34(13-9-19-55-50(52)53)57-42(67)33(51)24-39(65)66;1-2-3-4-10-6(9)11-5(7)8;/h6-8,11-12,15-18,25-28,33-38,40-41,64H,5,9-10,13-14,19-24,51H2,1-4H3,(H,54,56)(H,57,67)(H,58,71)(H,59,72)(H,60,70)(H,61,68)(H,62,69)(H,65,66)(H,74,75)(H4,52,53,55);2-4H2,1H3,(H6,7,8,9,10,11);1H/t28-,33-,34-,35-,36-,37-,38-,40-,41-;;/m0../s1. The average molecular weight is 1240 g/mol. The maximum absolute atomic E-state index is 14.6. The number of nitrogens with zero attached hydrogens (tertiary/aromatic N) is 4. The number of amides is 7. The predicted molar refractivity (Wildman–Crippen MR) is 326 cm³/mol. The van der Waals surface area contributed by atoms with Crippen molar-refractivity contribution in [2.45, 2.75) is 154 Å². The molecular formula is C56H87ClN18O12. The number of nitrogens with two attached hydrogens (primary N) is 5. The number of phenolic OH excluding ortho intramolecular Hbond substituents is 1. The topological polar surface area (TPSA) is 509 Å². The van der Waals surface area contributed by atoms with Crippen molar-refractivity contribution in [1.82, 2.24) is 52.1 Å². The number of aromatic hydroxyl groups is 1. The van der Waals surface area contributed by atoms with Crippen LogP contribution in [0.4, 0.5) is 0 Å². The van der Waals surface area contributed by atoms with E-state index in [0.717, 1.165) is 12.8 Å². The van der Waals surface area contributed by atoms with Gasteiger partial charge in [-0.05, 0) is 67.2 Å². The third kappa shape index (κ3) is 26.4. The number of halogens is 1. The number of imidazole rings is 1. The smallest absolute Gasteiger partial charge is 0.326 e. The Morgan fingerprint density at radius 3 is 1.89 bits per heavy atom. The fourth-order valence-corrected chi connectivity index (χ4v) is 8.85. The number of carboxylic acid groups (broad SMARTS) is 2. The molecule has 1 aromatic heterocycles. The van der Waals surface area contributed by atoms with Crippen LogP contribution in [0, 0.1) is 17.2 Å². The molecule has 0 saturated carbocycles. The summed E-state index contributed by atoms with van der Waals surface area (Å²) in [7, 11) is 0. The lowest BCUT2D eigenvalue weighted by atomic mass is 9.96. The Kier molecular flexibility index (Phi) is 32.4. The SMILES string of the molecule is CCCCN=C(N)NC(=N)N.CC[C@H](C)[C@H](NC(=O)[C@H](Cc1ccc(O)cc1)NC(=O)[C@@H](NC(=O)[C@H](CCCN=C(N)N)NC(=O)[C@@H](N)CC(=O)O)C(C)C)C(=O)N[C@@H](Cc1cnc[nH]1)C(=O)N1CCC[C@H]1C(=O)N[C@@H](Cc1ccccc1)C(=O)O.Cl. The number of likely N-dealkylation sites (tertiary alicyclic amines) is 1. The van der Waals surface area contributed by atoms with Crippen molar-refractivity contribution in [3.8, 4) is 5.75 Å². The average Bonchev–Trinajstić information content (AvgIpc) is 2.44. The molecule has 480 valence electrons. The molecule has 31 heteroatoms. The quantitative estimate of drug-likeness (QED) is 0.0196. The van der Waals surface area contributed by atoms with Crippen LogP contribution in [0.2, 0.25) is 0 Å². The molecule has 0 unspecified atom stereocenters. The van der Waals surface area contributed by atoms with Crippen LogP contribution in [0.25, 0.3) is 0 Å². The molecule has 9 atom stereocenters. The molecule has 30 nitrogen and oxygen atoms in total. The van der Waals surface area contributed by atoms with Gasteiger partial charge in [-0.25, -0.2) is 9.78 Å². The first kappa shape index (κ1) is 74.0. The first-order valence-corrected chi connectivity index (χ1v) is 28.3. The summed E-state index contributed by atoms with van der Waals surface area (Å²) in [6.07, 6.45) is 5.00. The Hall–Kier alpha value is -9.06. The van der Waals surface area contributed by atoms with Crippen LogP contribution >= 0.6 is 12.4 Å². The minimum absolute atomic E-state index is 0. The minimum Gasteiger partial charge on any atom is -0.508 e. The minimum atomic E-state index is -1.51. The molecule has 1 aliphatic rings. The van der Waals surface area contributed by atoms with Crippen LogP contribution in [0.15, 0.2) is 77.1 Å². The van der Waals surface area contributed by atoms with E-state index in [-0.39, 0.29) is 87.6 Å². The second kappa shape index (κ2) is 38.1. The molecule has 22 N–H and O–H groups in total. The zero-order chi connectivity index (χ0) is 64.0.